The Morgan fingerprint density at radius 3 is 2.67 bits per heavy atom. The maximum absolute atomic E-state index is 12.8. The van der Waals surface area contributed by atoms with Gasteiger partial charge in [0.25, 0.3) is 0 Å². The van der Waals surface area contributed by atoms with Gasteiger partial charge in [-0.2, -0.15) is 0 Å². The topological polar surface area (TPSA) is 49.3 Å². The second-order valence-electron chi connectivity index (χ2n) is 6.20. The van der Waals surface area contributed by atoms with Crippen LogP contribution < -0.4 is 5.32 Å². The predicted molar refractivity (Wildman–Crippen MR) is 99.2 cm³/mol. The number of carbonyl (C=O) groups is 1. The maximum Gasteiger partial charge on any atom is 0.237 e. The lowest BCUT2D eigenvalue weighted by atomic mass is 9.93. The molecule has 0 fully saturated rings. The Morgan fingerprint density at radius 2 is 1.92 bits per heavy atom. The van der Waals surface area contributed by atoms with Crippen LogP contribution in [0.2, 0.25) is 0 Å². The molecular weight excluding hydrogens is 318 g/mol. The maximum atomic E-state index is 12.8. The van der Waals surface area contributed by atoms with Crippen molar-refractivity contribution in [3.05, 3.63) is 71.3 Å². The number of aliphatic hydroxyl groups is 1. The van der Waals surface area contributed by atoms with Gasteiger partial charge in [0.1, 0.15) is 5.25 Å². The van der Waals surface area contributed by atoms with Gasteiger partial charge in [-0.25, -0.2) is 0 Å². The Balaban J connectivity index is 1.74. The summed E-state index contributed by atoms with van der Waals surface area (Å²) in [6.07, 6.45) is 1.01. The fourth-order valence-corrected chi connectivity index (χ4v) is 4.39. The highest BCUT2D eigenvalue weighted by molar-refractivity contribution is 8.00. The molecule has 1 aliphatic rings. The van der Waals surface area contributed by atoms with Gasteiger partial charge in [0.15, 0.2) is 0 Å². The summed E-state index contributed by atoms with van der Waals surface area (Å²) in [4.78, 5) is 12.8. The van der Waals surface area contributed by atoms with Crippen LogP contribution in [0, 0.1) is 0 Å². The number of carbonyl (C=O) groups excluding carboxylic acids is 1. The first-order valence-corrected chi connectivity index (χ1v) is 9.41. The minimum Gasteiger partial charge on any atom is -0.394 e. The number of amides is 1. The van der Waals surface area contributed by atoms with Crippen molar-refractivity contribution in [3.8, 4) is 0 Å². The summed E-state index contributed by atoms with van der Waals surface area (Å²) < 4.78 is 0. The molecule has 0 spiro atoms. The van der Waals surface area contributed by atoms with E-state index in [0.717, 1.165) is 23.3 Å². The highest BCUT2D eigenvalue weighted by atomic mass is 32.2. The predicted octanol–water partition coefficient (Wildman–Crippen LogP) is 3.30. The van der Waals surface area contributed by atoms with E-state index in [2.05, 4.69) is 11.4 Å². The first-order valence-electron chi connectivity index (χ1n) is 8.36. The summed E-state index contributed by atoms with van der Waals surface area (Å²) in [5.41, 5.74) is 3.48. The second kappa shape index (κ2) is 7.86. The van der Waals surface area contributed by atoms with Crippen molar-refractivity contribution in [3.63, 3.8) is 0 Å². The molecule has 3 atom stereocenters. The number of fused-ring (bicyclic) bond motifs is 1. The van der Waals surface area contributed by atoms with Crippen LogP contribution in [0.1, 0.15) is 34.8 Å². The van der Waals surface area contributed by atoms with Crippen LogP contribution in [-0.2, 0) is 11.2 Å². The number of hydrogen-bond donors (Lipinski definition) is 2. The van der Waals surface area contributed by atoms with Crippen LogP contribution in [-0.4, -0.2) is 29.4 Å². The second-order valence-corrected chi connectivity index (χ2v) is 7.41. The van der Waals surface area contributed by atoms with Crippen molar-refractivity contribution in [1.29, 1.82) is 0 Å². The minimum atomic E-state index is -0.283. The molecule has 2 N–H and O–H groups in total. The van der Waals surface area contributed by atoms with Gasteiger partial charge in [0, 0.05) is 5.92 Å². The summed E-state index contributed by atoms with van der Waals surface area (Å²) >= 11 is 1.68. The molecule has 0 unspecified atom stereocenters. The van der Waals surface area contributed by atoms with E-state index in [4.69, 9.17) is 0 Å². The monoisotopic (exact) mass is 341 g/mol. The van der Waals surface area contributed by atoms with Gasteiger partial charge in [-0.05, 0) is 28.9 Å². The Morgan fingerprint density at radius 1 is 1.21 bits per heavy atom. The summed E-state index contributed by atoms with van der Waals surface area (Å²) in [6, 6.07) is 17.9. The van der Waals surface area contributed by atoms with E-state index in [0.29, 0.717) is 0 Å². The molecule has 1 amide bonds. The van der Waals surface area contributed by atoms with Crippen molar-refractivity contribution >= 4 is 17.7 Å². The van der Waals surface area contributed by atoms with E-state index in [1.54, 1.807) is 11.8 Å². The van der Waals surface area contributed by atoms with E-state index in [9.17, 15) is 9.90 Å². The number of thioether (sulfide) groups is 1. The van der Waals surface area contributed by atoms with E-state index < -0.39 is 0 Å². The third kappa shape index (κ3) is 3.65. The summed E-state index contributed by atoms with van der Waals surface area (Å²) in [5.74, 6) is 1.01. The lowest BCUT2D eigenvalue weighted by Gasteiger charge is -2.29. The van der Waals surface area contributed by atoms with Crippen LogP contribution in [0.4, 0.5) is 0 Å². The quantitative estimate of drug-likeness (QED) is 0.877. The smallest absolute Gasteiger partial charge is 0.237 e. The molecule has 1 heterocycles. The van der Waals surface area contributed by atoms with E-state index in [1.807, 2.05) is 55.5 Å². The molecule has 2 aromatic carbocycles. The molecule has 24 heavy (non-hydrogen) atoms. The molecule has 3 nitrogen and oxygen atoms in total. The fourth-order valence-electron chi connectivity index (χ4n) is 3.19. The molecule has 2 aromatic rings. The first kappa shape index (κ1) is 17.1. The van der Waals surface area contributed by atoms with Crippen molar-refractivity contribution in [1.82, 2.24) is 5.32 Å². The van der Waals surface area contributed by atoms with Crippen molar-refractivity contribution < 1.29 is 9.90 Å². The van der Waals surface area contributed by atoms with E-state index >= 15 is 0 Å². The average Bonchev–Trinajstić information content (AvgIpc) is 2.65. The van der Waals surface area contributed by atoms with Gasteiger partial charge in [-0.1, -0.05) is 61.5 Å². The number of hydrogen-bond acceptors (Lipinski definition) is 3. The van der Waals surface area contributed by atoms with Crippen LogP contribution in [0.25, 0.3) is 0 Å². The molecule has 0 radical (unpaired) electrons. The lowest BCUT2D eigenvalue weighted by molar-refractivity contribution is -0.121. The van der Waals surface area contributed by atoms with Crippen molar-refractivity contribution in [2.75, 3.05) is 12.4 Å². The SMILES string of the molecule is C[C@H](c1ccccc1)[C@@H](CO)NC(=O)[C@@H]1SCCc2ccccc21. The van der Waals surface area contributed by atoms with Crippen LogP contribution in [0.3, 0.4) is 0 Å². The molecule has 0 aliphatic carbocycles. The van der Waals surface area contributed by atoms with Gasteiger partial charge in [-0.15, -0.1) is 11.8 Å². The van der Waals surface area contributed by atoms with E-state index in [1.165, 1.54) is 5.56 Å². The fraction of sp³-hybridized carbons (Fsp3) is 0.350. The van der Waals surface area contributed by atoms with Gasteiger partial charge in [0.05, 0.1) is 12.6 Å². The van der Waals surface area contributed by atoms with Crippen LogP contribution >= 0.6 is 11.8 Å². The van der Waals surface area contributed by atoms with Gasteiger partial charge in [-0.3, -0.25) is 4.79 Å². The summed E-state index contributed by atoms with van der Waals surface area (Å²) in [7, 11) is 0. The Labute approximate surface area is 147 Å². The van der Waals surface area contributed by atoms with E-state index in [-0.39, 0.29) is 29.7 Å². The minimum absolute atomic E-state index is 0.00557. The average molecular weight is 341 g/mol. The number of aliphatic hydroxyl groups excluding tert-OH is 1. The Kier molecular flexibility index (Phi) is 5.59. The Bertz CT molecular complexity index is 689. The molecule has 126 valence electrons. The molecule has 3 rings (SSSR count). The van der Waals surface area contributed by atoms with Crippen molar-refractivity contribution in [2.45, 2.75) is 30.6 Å². The standard InChI is InChI=1S/C20H23NO2S/c1-14(15-7-3-2-4-8-15)18(13-22)21-20(23)19-17-10-6-5-9-16(17)11-12-24-19/h2-10,14,18-19,22H,11-13H2,1H3,(H,21,23)/t14-,18-,19-/m1/s1. The molecule has 0 saturated heterocycles. The lowest BCUT2D eigenvalue weighted by Crippen LogP contribution is -2.43. The summed E-state index contributed by atoms with van der Waals surface area (Å²) in [5, 5.41) is 12.7. The number of nitrogens with one attached hydrogen (secondary N) is 1. The zero-order valence-electron chi connectivity index (χ0n) is 13.8. The highest BCUT2D eigenvalue weighted by Crippen LogP contribution is 2.37. The number of benzene rings is 2. The normalized spacial score (nSPS) is 19.2. The molecule has 0 saturated carbocycles. The summed E-state index contributed by atoms with van der Waals surface area (Å²) in [6.45, 7) is 1.97. The van der Waals surface area contributed by atoms with Gasteiger partial charge < -0.3 is 10.4 Å². The van der Waals surface area contributed by atoms with Crippen LogP contribution in [0.15, 0.2) is 54.6 Å². The third-order valence-corrected chi connectivity index (χ3v) is 5.93. The van der Waals surface area contributed by atoms with Gasteiger partial charge >= 0.3 is 0 Å². The zero-order chi connectivity index (χ0) is 16.9. The van der Waals surface area contributed by atoms with Crippen LogP contribution in [0.5, 0.6) is 0 Å². The number of rotatable bonds is 5. The molecule has 1 aliphatic heterocycles. The number of aryl methyl sites for hydroxylation is 1. The molecule has 4 heteroatoms. The first-order chi connectivity index (χ1) is 11.7. The highest BCUT2D eigenvalue weighted by Gasteiger charge is 2.29. The third-order valence-electron chi connectivity index (χ3n) is 4.68. The molecule has 0 aromatic heterocycles. The van der Waals surface area contributed by atoms with Crippen molar-refractivity contribution in [2.24, 2.45) is 0 Å². The largest absolute Gasteiger partial charge is 0.394 e. The molecular formula is C20H23NO2S. The van der Waals surface area contributed by atoms with Gasteiger partial charge in [0.2, 0.25) is 5.91 Å². The Hall–Kier alpha value is -1.78. The zero-order valence-corrected chi connectivity index (χ0v) is 14.6. The molecule has 0 bridgehead atoms.